The van der Waals surface area contributed by atoms with Gasteiger partial charge in [0.2, 0.25) is 5.91 Å². The molecule has 1 amide bonds. The van der Waals surface area contributed by atoms with Crippen molar-refractivity contribution >= 4 is 21.8 Å². The SMILES string of the molecule is CC(C)(C(=O)NCc1cccnc1)c1ccc(Br)cc1. The summed E-state index contributed by atoms with van der Waals surface area (Å²) in [4.78, 5) is 16.4. The van der Waals surface area contributed by atoms with E-state index in [1.54, 1.807) is 12.4 Å². The third-order valence-corrected chi connectivity index (χ3v) is 3.84. The van der Waals surface area contributed by atoms with Gasteiger partial charge in [-0.2, -0.15) is 0 Å². The van der Waals surface area contributed by atoms with Crippen LogP contribution in [-0.2, 0) is 16.8 Å². The quantitative estimate of drug-likeness (QED) is 0.931. The molecule has 0 radical (unpaired) electrons. The molecule has 0 aliphatic heterocycles. The van der Waals surface area contributed by atoms with Crippen molar-refractivity contribution in [2.75, 3.05) is 0 Å². The van der Waals surface area contributed by atoms with Crippen LogP contribution in [0.1, 0.15) is 25.0 Å². The summed E-state index contributed by atoms with van der Waals surface area (Å²) in [5.41, 5.74) is 1.42. The second-order valence-electron chi connectivity index (χ2n) is 5.18. The zero-order valence-corrected chi connectivity index (χ0v) is 13.1. The molecule has 4 heteroatoms. The maximum atomic E-state index is 12.4. The Bertz CT molecular complexity index is 579. The molecule has 1 heterocycles. The van der Waals surface area contributed by atoms with Crippen molar-refractivity contribution < 1.29 is 4.79 Å². The van der Waals surface area contributed by atoms with Gasteiger partial charge in [0, 0.05) is 23.4 Å². The zero-order chi connectivity index (χ0) is 14.6. The van der Waals surface area contributed by atoms with Crippen LogP contribution in [0.5, 0.6) is 0 Å². The molecule has 0 aliphatic carbocycles. The summed E-state index contributed by atoms with van der Waals surface area (Å²) in [6, 6.07) is 11.6. The molecule has 0 atom stereocenters. The van der Waals surface area contributed by atoms with Gasteiger partial charge in [0.05, 0.1) is 5.41 Å². The van der Waals surface area contributed by atoms with Gasteiger partial charge in [-0.25, -0.2) is 0 Å². The zero-order valence-electron chi connectivity index (χ0n) is 11.6. The standard InChI is InChI=1S/C16H17BrN2O/c1-16(2,13-5-7-14(17)8-6-13)15(20)19-11-12-4-3-9-18-10-12/h3-10H,11H2,1-2H3,(H,19,20). The van der Waals surface area contributed by atoms with E-state index in [1.165, 1.54) is 0 Å². The highest BCUT2D eigenvalue weighted by molar-refractivity contribution is 9.10. The second-order valence-corrected chi connectivity index (χ2v) is 6.09. The van der Waals surface area contributed by atoms with Gasteiger partial charge in [0.15, 0.2) is 0 Å². The maximum Gasteiger partial charge on any atom is 0.230 e. The minimum Gasteiger partial charge on any atom is -0.351 e. The van der Waals surface area contributed by atoms with Crippen LogP contribution in [-0.4, -0.2) is 10.9 Å². The molecule has 0 saturated carbocycles. The average Bonchev–Trinajstić information content (AvgIpc) is 2.46. The van der Waals surface area contributed by atoms with Gasteiger partial charge < -0.3 is 5.32 Å². The molecule has 0 aliphatic rings. The molecular weight excluding hydrogens is 316 g/mol. The number of nitrogens with one attached hydrogen (secondary N) is 1. The Morgan fingerprint density at radius 3 is 2.55 bits per heavy atom. The Balaban J connectivity index is 2.05. The molecule has 0 bridgehead atoms. The highest BCUT2D eigenvalue weighted by Crippen LogP contribution is 2.25. The fraction of sp³-hybridized carbons (Fsp3) is 0.250. The number of benzene rings is 1. The number of pyridine rings is 1. The Labute approximate surface area is 127 Å². The molecule has 104 valence electrons. The van der Waals surface area contributed by atoms with Gasteiger partial charge in [-0.1, -0.05) is 34.1 Å². The summed E-state index contributed by atoms with van der Waals surface area (Å²) >= 11 is 3.40. The van der Waals surface area contributed by atoms with E-state index in [-0.39, 0.29) is 5.91 Å². The van der Waals surface area contributed by atoms with E-state index < -0.39 is 5.41 Å². The predicted octanol–water partition coefficient (Wildman–Crippen LogP) is 3.44. The monoisotopic (exact) mass is 332 g/mol. The molecule has 2 aromatic rings. The van der Waals surface area contributed by atoms with Crippen LogP contribution >= 0.6 is 15.9 Å². The first kappa shape index (κ1) is 14.7. The van der Waals surface area contributed by atoms with Crippen LogP contribution < -0.4 is 5.32 Å². The number of carbonyl (C=O) groups is 1. The summed E-state index contributed by atoms with van der Waals surface area (Å²) in [5, 5.41) is 2.96. The van der Waals surface area contributed by atoms with Gasteiger partial charge in [-0.05, 0) is 43.2 Å². The summed E-state index contributed by atoms with van der Waals surface area (Å²) in [6.07, 6.45) is 3.48. The maximum absolute atomic E-state index is 12.4. The van der Waals surface area contributed by atoms with Crippen molar-refractivity contribution in [1.82, 2.24) is 10.3 Å². The first-order valence-corrected chi connectivity index (χ1v) is 7.22. The van der Waals surface area contributed by atoms with Crippen molar-refractivity contribution in [3.63, 3.8) is 0 Å². The lowest BCUT2D eigenvalue weighted by atomic mass is 9.84. The Morgan fingerprint density at radius 1 is 1.25 bits per heavy atom. The minimum atomic E-state index is -0.567. The first-order chi connectivity index (χ1) is 9.50. The number of carbonyl (C=O) groups excluding carboxylic acids is 1. The van der Waals surface area contributed by atoms with Crippen molar-refractivity contribution in [3.8, 4) is 0 Å². The average molecular weight is 333 g/mol. The van der Waals surface area contributed by atoms with Crippen molar-refractivity contribution in [2.24, 2.45) is 0 Å². The van der Waals surface area contributed by atoms with E-state index in [9.17, 15) is 4.79 Å². The normalized spacial score (nSPS) is 11.2. The number of hydrogen-bond donors (Lipinski definition) is 1. The number of halogens is 1. The summed E-state index contributed by atoms with van der Waals surface area (Å²) < 4.78 is 1.01. The van der Waals surface area contributed by atoms with Crippen LogP contribution in [0.2, 0.25) is 0 Å². The summed E-state index contributed by atoms with van der Waals surface area (Å²) in [5.74, 6) is 0.00340. The third kappa shape index (κ3) is 3.45. The van der Waals surface area contributed by atoms with Gasteiger partial charge in [-0.3, -0.25) is 9.78 Å². The van der Waals surface area contributed by atoms with Gasteiger partial charge in [-0.15, -0.1) is 0 Å². The highest BCUT2D eigenvalue weighted by Gasteiger charge is 2.29. The number of amides is 1. The smallest absolute Gasteiger partial charge is 0.230 e. The lowest BCUT2D eigenvalue weighted by Crippen LogP contribution is -2.39. The molecular formula is C16H17BrN2O. The first-order valence-electron chi connectivity index (χ1n) is 6.43. The Kier molecular flexibility index (Phi) is 4.55. The van der Waals surface area contributed by atoms with Crippen LogP contribution in [0.4, 0.5) is 0 Å². The summed E-state index contributed by atoms with van der Waals surface area (Å²) in [7, 11) is 0. The van der Waals surface area contributed by atoms with E-state index in [4.69, 9.17) is 0 Å². The fourth-order valence-electron chi connectivity index (χ4n) is 1.90. The van der Waals surface area contributed by atoms with E-state index in [1.807, 2.05) is 50.2 Å². The topological polar surface area (TPSA) is 42.0 Å². The van der Waals surface area contributed by atoms with Crippen LogP contribution in [0, 0.1) is 0 Å². The lowest BCUT2D eigenvalue weighted by Gasteiger charge is -2.24. The molecule has 1 N–H and O–H groups in total. The number of nitrogens with zero attached hydrogens (tertiary/aromatic N) is 1. The Hall–Kier alpha value is -1.68. The number of aromatic nitrogens is 1. The largest absolute Gasteiger partial charge is 0.351 e. The van der Waals surface area contributed by atoms with Crippen LogP contribution in [0.15, 0.2) is 53.3 Å². The van der Waals surface area contributed by atoms with Crippen molar-refractivity contribution in [2.45, 2.75) is 25.8 Å². The molecule has 0 saturated heterocycles. The Morgan fingerprint density at radius 2 is 1.95 bits per heavy atom. The number of hydrogen-bond acceptors (Lipinski definition) is 2. The fourth-order valence-corrected chi connectivity index (χ4v) is 2.17. The molecule has 20 heavy (non-hydrogen) atoms. The van der Waals surface area contributed by atoms with E-state index in [0.717, 1.165) is 15.6 Å². The van der Waals surface area contributed by atoms with Gasteiger partial charge in [0.25, 0.3) is 0 Å². The van der Waals surface area contributed by atoms with E-state index >= 15 is 0 Å². The molecule has 2 rings (SSSR count). The molecule has 1 aromatic heterocycles. The summed E-state index contributed by atoms with van der Waals surface area (Å²) in [6.45, 7) is 4.34. The highest BCUT2D eigenvalue weighted by atomic mass is 79.9. The molecule has 3 nitrogen and oxygen atoms in total. The molecule has 0 unspecified atom stereocenters. The molecule has 1 aromatic carbocycles. The third-order valence-electron chi connectivity index (χ3n) is 3.31. The predicted molar refractivity (Wildman–Crippen MR) is 83.3 cm³/mol. The van der Waals surface area contributed by atoms with Crippen molar-refractivity contribution in [1.29, 1.82) is 0 Å². The van der Waals surface area contributed by atoms with Gasteiger partial charge >= 0.3 is 0 Å². The van der Waals surface area contributed by atoms with Crippen LogP contribution in [0.3, 0.4) is 0 Å². The number of rotatable bonds is 4. The van der Waals surface area contributed by atoms with Gasteiger partial charge in [0.1, 0.15) is 0 Å². The second kappa shape index (κ2) is 6.18. The molecule has 0 spiro atoms. The van der Waals surface area contributed by atoms with Crippen molar-refractivity contribution in [3.05, 3.63) is 64.4 Å². The molecule has 0 fully saturated rings. The van der Waals surface area contributed by atoms with Crippen LogP contribution in [0.25, 0.3) is 0 Å². The lowest BCUT2D eigenvalue weighted by molar-refractivity contribution is -0.125. The van der Waals surface area contributed by atoms with E-state index in [0.29, 0.717) is 6.54 Å². The minimum absolute atomic E-state index is 0.00340. The van der Waals surface area contributed by atoms with E-state index in [2.05, 4.69) is 26.2 Å².